The van der Waals surface area contributed by atoms with Crippen LogP contribution in [0.5, 0.6) is 0 Å². The third kappa shape index (κ3) is 4.60. The van der Waals surface area contributed by atoms with Gasteiger partial charge in [0.1, 0.15) is 18.1 Å². The molecule has 1 saturated carbocycles. The van der Waals surface area contributed by atoms with Crippen molar-refractivity contribution in [2.24, 2.45) is 5.92 Å². The second-order valence-electron chi connectivity index (χ2n) is 6.31. The molecule has 1 unspecified atom stereocenters. The minimum atomic E-state index is -0.464. The van der Waals surface area contributed by atoms with Crippen LogP contribution in [0.15, 0.2) is 40.9 Å². The van der Waals surface area contributed by atoms with Crippen LogP contribution in [0.2, 0.25) is 0 Å². The maximum absolute atomic E-state index is 11.9. The first kappa shape index (κ1) is 18.0. The lowest BCUT2D eigenvalue weighted by molar-refractivity contribution is -0.148. The van der Waals surface area contributed by atoms with Crippen LogP contribution in [0.3, 0.4) is 0 Å². The Labute approximate surface area is 142 Å². The SMILES string of the molecule is C=C(C)C(=O)OCc1ccc(C(OC(=O)C(=C)C)C2CCCC2)o1. The number of hydrogen-bond acceptors (Lipinski definition) is 5. The van der Waals surface area contributed by atoms with E-state index in [9.17, 15) is 9.59 Å². The molecule has 0 N–H and O–H groups in total. The van der Waals surface area contributed by atoms with Crippen LogP contribution in [0.25, 0.3) is 0 Å². The van der Waals surface area contributed by atoms with E-state index in [1.165, 1.54) is 0 Å². The van der Waals surface area contributed by atoms with Gasteiger partial charge in [0.05, 0.1) is 0 Å². The van der Waals surface area contributed by atoms with Gasteiger partial charge in [0.25, 0.3) is 0 Å². The van der Waals surface area contributed by atoms with E-state index in [0.29, 0.717) is 22.7 Å². The fourth-order valence-corrected chi connectivity index (χ4v) is 2.75. The Bertz CT molecular complexity index is 634. The largest absolute Gasteiger partial charge is 0.458 e. The monoisotopic (exact) mass is 332 g/mol. The molecule has 5 nitrogen and oxygen atoms in total. The first-order valence-electron chi connectivity index (χ1n) is 8.16. The molecule has 0 radical (unpaired) electrons. The van der Waals surface area contributed by atoms with E-state index in [1.807, 2.05) is 0 Å². The summed E-state index contributed by atoms with van der Waals surface area (Å²) in [6.45, 7) is 10.4. The van der Waals surface area contributed by atoms with E-state index in [0.717, 1.165) is 25.7 Å². The number of rotatable bonds is 7. The van der Waals surface area contributed by atoms with Gasteiger partial charge in [-0.1, -0.05) is 26.0 Å². The minimum Gasteiger partial charge on any atom is -0.458 e. The standard InChI is InChI=1S/C19H24O5/c1-12(2)18(20)22-11-15-9-10-16(23-15)17(14-7-5-6-8-14)24-19(21)13(3)4/h9-10,14,17H,1,3,5-8,11H2,2,4H3. The molecule has 130 valence electrons. The molecular weight excluding hydrogens is 308 g/mol. The maximum atomic E-state index is 11.9. The van der Waals surface area contributed by atoms with Crippen molar-refractivity contribution in [1.29, 1.82) is 0 Å². The number of carbonyl (C=O) groups is 2. The predicted octanol–water partition coefficient (Wildman–Crippen LogP) is 4.25. The Morgan fingerprint density at radius 1 is 1.17 bits per heavy atom. The fourth-order valence-electron chi connectivity index (χ4n) is 2.75. The molecule has 1 fully saturated rings. The predicted molar refractivity (Wildman–Crippen MR) is 88.9 cm³/mol. The van der Waals surface area contributed by atoms with Crippen LogP contribution in [0.1, 0.15) is 57.2 Å². The van der Waals surface area contributed by atoms with Gasteiger partial charge in [0.15, 0.2) is 6.10 Å². The average molecular weight is 332 g/mol. The number of hydrogen-bond donors (Lipinski definition) is 0. The van der Waals surface area contributed by atoms with E-state index in [-0.39, 0.29) is 12.5 Å². The van der Waals surface area contributed by atoms with Crippen molar-refractivity contribution in [3.63, 3.8) is 0 Å². The Hall–Kier alpha value is -2.30. The van der Waals surface area contributed by atoms with Crippen molar-refractivity contribution in [3.8, 4) is 0 Å². The number of ether oxygens (including phenoxy) is 2. The molecule has 0 amide bonds. The topological polar surface area (TPSA) is 65.7 Å². The Kier molecular flexibility index (Phi) is 6.01. The highest BCUT2D eigenvalue weighted by Crippen LogP contribution is 2.39. The van der Waals surface area contributed by atoms with Gasteiger partial charge < -0.3 is 13.9 Å². The van der Waals surface area contributed by atoms with Gasteiger partial charge in [0.2, 0.25) is 0 Å². The molecular formula is C19H24O5. The van der Waals surface area contributed by atoms with Crippen molar-refractivity contribution < 1.29 is 23.5 Å². The molecule has 1 aliphatic rings. The summed E-state index contributed by atoms with van der Waals surface area (Å²) < 4.78 is 16.4. The maximum Gasteiger partial charge on any atom is 0.333 e. The zero-order chi connectivity index (χ0) is 17.7. The molecule has 1 heterocycles. The summed E-state index contributed by atoms with van der Waals surface area (Å²) in [5.74, 6) is 0.449. The molecule has 24 heavy (non-hydrogen) atoms. The Balaban J connectivity index is 2.08. The van der Waals surface area contributed by atoms with Gasteiger partial charge in [-0.2, -0.15) is 0 Å². The van der Waals surface area contributed by atoms with Gasteiger partial charge in [0, 0.05) is 17.1 Å². The Morgan fingerprint density at radius 3 is 2.38 bits per heavy atom. The zero-order valence-electron chi connectivity index (χ0n) is 14.3. The van der Waals surface area contributed by atoms with Crippen molar-refractivity contribution in [1.82, 2.24) is 0 Å². The van der Waals surface area contributed by atoms with Crippen molar-refractivity contribution in [2.75, 3.05) is 0 Å². The smallest absolute Gasteiger partial charge is 0.333 e. The van der Waals surface area contributed by atoms with Gasteiger partial charge in [-0.15, -0.1) is 0 Å². The molecule has 2 rings (SSSR count). The van der Waals surface area contributed by atoms with Crippen LogP contribution >= 0.6 is 0 Å². The van der Waals surface area contributed by atoms with Crippen molar-refractivity contribution in [2.45, 2.75) is 52.2 Å². The zero-order valence-corrected chi connectivity index (χ0v) is 14.3. The van der Waals surface area contributed by atoms with Crippen molar-refractivity contribution >= 4 is 11.9 Å². The molecule has 0 aromatic carbocycles. The molecule has 1 aliphatic carbocycles. The second kappa shape index (κ2) is 7.99. The lowest BCUT2D eigenvalue weighted by atomic mass is 9.98. The van der Waals surface area contributed by atoms with Crippen LogP contribution in [-0.4, -0.2) is 11.9 Å². The van der Waals surface area contributed by atoms with Gasteiger partial charge in [-0.25, -0.2) is 9.59 Å². The normalized spacial score (nSPS) is 15.8. The van der Waals surface area contributed by atoms with Gasteiger partial charge >= 0.3 is 11.9 Å². The number of esters is 2. The van der Waals surface area contributed by atoms with E-state index < -0.39 is 18.0 Å². The first-order chi connectivity index (χ1) is 11.4. The third-order valence-electron chi connectivity index (χ3n) is 4.07. The molecule has 1 aromatic heterocycles. The summed E-state index contributed by atoms with van der Waals surface area (Å²) in [5.41, 5.74) is 0.696. The number of carbonyl (C=O) groups excluding carboxylic acids is 2. The van der Waals surface area contributed by atoms with E-state index in [1.54, 1.807) is 26.0 Å². The molecule has 1 atom stereocenters. The van der Waals surface area contributed by atoms with Crippen LogP contribution in [0.4, 0.5) is 0 Å². The molecule has 0 spiro atoms. The van der Waals surface area contributed by atoms with Crippen molar-refractivity contribution in [3.05, 3.63) is 48.0 Å². The molecule has 0 saturated heterocycles. The summed E-state index contributed by atoms with van der Waals surface area (Å²) in [4.78, 5) is 23.4. The molecule has 5 heteroatoms. The molecule has 0 bridgehead atoms. The van der Waals surface area contributed by atoms with Crippen LogP contribution in [-0.2, 0) is 25.7 Å². The fraction of sp³-hybridized carbons (Fsp3) is 0.474. The second-order valence-corrected chi connectivity index (χ2v) is 6.31. The molecule has 0 aliphatic heterocycles. The third-order valence-corrected chi connectivity index (χ3v) is 4.07. The average Bonchev–Trinajstić information content (AvgIpc) is 3.21. The molecule has 1 aromatic rings. The minimum absolute atomic E-state index is 0.0253. The summed E-state index contributed by atoms with van der Waals surface area (Å²) >= 11 is 0. The van der Waals surface area contributed by atoms with Crippen LogP contribution < -0.4 is 0 Å². The van der Waals surface area contributed by atoms with Gasteiger partial charge in [-0.3, -0.25) is 0 Å². The highest BCUT2D eigenvalue weighted by molar-refractivity contribution is 5.87. The van der Waals surface area contributed by atoms with E-state index >= 15 is 0 Å². The highest BCUT2D eigenvalue weighted by atomic mass is 16.6. The lowest BCUT2D eigenvalue weighted by Gasteiger charge is -2.21. The van der Waals surface area contributed by atoms with Gasteiger partial charge in [-0.05, 0) is 38.8 Å². The summed E-state index contributed by atoms with van der Waals surface area (Å²) in [7, 11) is 0. The Morgan fingerprint density at radius 2 is 1.79 bits per heavy atom. The van der Waals surface area contributed by atoms with E-state index in [4.69, 9.17) is 13.9 Å². The lowest BCUT2D eigenvalue weighted by Crippen LogP contribution is -2.18. The van der Waals surface area contributed by atoms with Crippen LogP contribution in [0, 0.1) is 5.92 Å². The first-order valence-corrected chi connectivity index (χ1v) is 8.16. The summed E-state index contributed by atoms with van der Waals surface area (Å²) in [5, 5.41) is 0. The number of furan rings is 1. The quantitative estimate of drug-likeness (QED) is 0.551. The summed E-state index contributed by atoms with van der Waals surface area (Å²) in [6, 6.07) is 3.51. The summed E-state index contributed by atoms with van der Waals surface area (Å²) in [6.07, 6.45) is 3.80. The highest BCUT2D eigenvalue weighted by Gasteiger charge is 2.32. The van der Waals surface area contributed by atoms with E-state index in [2.05, 4.69) is 13.2 Å².